The van der Waals surface area contributed by atoms with E-state index >= 15 is 0 Å². The summed E-state index contributed by atoms with van der Waals surface area (Å²) in [5.41, 5.74) is 13.4. The van der Waals surface area contributed by atoms with Gasteiger partial charge in [0.2, 0.25) is 0 Å². The maximum atomic E-state index is 6.40. The van der Waals surface area contributed by atoms with Gasteiger partial charge in [-0.15, -0.1) is 0 Å². The van der Waals surface area contributed by atoms with Gasteiger partial charge in [-0.05, 0) is 41.7 Å². The van der Waals surface area contributed by atoms with E-state index in [-0.39, 0.29) is 0 Å². The molecule has 0 atom stereocenters. The lowest BCUT2D eigenvalue weighted by molar-refractivity contribution is 0.709. The first kappa shape index (κ1) is 22.4. The number of anilines is 2. The average Bonchev–Trinajstić information content (AvgIpc) is 3.63. The van der Waals surface area contributed by atoms with Gasteiger partial charge in [-0.25, -0.2) is 19.6 Å². The monoisotopic (exact) mass is 497 g/mol. The topological polar surface area (TPSA) is 85.8 Å². The molecule has 0 bridgehead atoms. The summed E-state index contributed by atoms with van der Waals surface area (Å²) in [5, 5.41) is 6.95. The summed E-state index contributed by atoms with van der Waals surface area (Å²) >= 11 is 0. The quantitative estimate of drug-likeness (QED) is 0.317. The molecule has 38 heavy (non-hydrogen) atoms. The van der Waals surface area contributed by atoms with E-state index in [1.54, 1.807) is 0 Å². The number of nitrogen functional groups attached to an aromatic ring is 1. The zero-order chi connectivity index (χ0) is 25.5. The van der Waals surface area contributed by atoms with Gasteiger partial charge in [0.1, 0.15) is 23.7 Å². The van der Waals surface area contributed by atoms with Crippen molar-refractivity contribution in [3.63, 3.8) is 0 Å². The second-order valence-corrected chi connectivity index (χ2v) is 9.76. The maximum absolute atomic E-state index is 6.40. The van der Waals surface area contributed by atoms with Crippen molar-refractivity contribution in [3.8, 4) is 22.4 Å². The number of aromatic nitrogens is 5. The van der Waals surface area contributed by atoms with E-state index in [2.05, 4.69) is 87.7 Å². The van der Waals surface area contributed by atoms with E-state index in [0.717, 1.165) is 63.2 Å². The van der Waals surface area contributed by atoms with Gasteiger partial charge in [0, 0.05) is 24.0 Å². The van der Waals surface area contributed by atoms with Crippen molar-refractivity contribution >= 4 is 33.6 Å². The second kappa shape index (κ2) is 9.27. The predicted octanol–water partition coefficient (Wildman–Crippen LogP) is 5.94. The third-order valence-electron chi connectivity index (χ3n) is 7.36. The summed E-state index contributed by atoms with van der Waals surface area (Å²) in [5.74, 6) is 1.46. The third kappa shape index (κ3) is 3.93. The minimum absolute atomic E-state index is 0.431. The third-order valence-corrected chi connectivity index (χ3v) is 7.36. The Kier molecular flexibility index (Phi) is 5.47. The largest absolute Gasteiger partial charge is 0.383 e. The molecule has 186 valence electrons. The van der Waals surface area contributed by atoms with E-state index in [1.165, 1.54) is 24.7 Å². The van der Waals surface area contributed by atoms with Crippen LogP contribution in [0.4, 0.5) is 11.6 Å². The van der Waals surface area contributed by atoms with Crippen LogP contribution < -0.4 is 10.6 Å². The number of nitrogens with zero attached hydrogens (tertiary/aromatic N) is 6. The molecule has 0 aliphatic carbocycles. The minimum Gasteiger partial charge on any atom is -0.383 e. The zero-order valence-corrected chi connectivity index (χ0v) is 21.0. The lowest BCUT2D eigenvalue weighted by atomic mass is 10.0. The molecular formula is C31H27N7. The lowest BCUT2D eigenvalue weighted by Gasteiger charge is -2.19. The van der Waals surface area contributed by atoms with Crippen LogP contribution in [-0.2, 0) is 6.54 Å². The summed E-state index contributed by atoms with van der Waals surface area (Å²) in [6.07, 6.45) is 3.92. The van der Waals surface area contributed by atoms with Crippen LogP contribution in [0.5, 0.6) is 0 Å². The van der Waals surface area contributed by atoms with Crippen LogP contribution in [0.2, 0.25) is 0 Å². The highest BCUT2D eigenvalue weighted by atomic mass is 15.3. The van der Waals surface area contributed by atoms with Crippen LogP contribution in [0.1, 0.15) is 18.4 Å². The molecule has 1 aliphatic rings. The molecule has 0 spiro atoms. The van der Waals surface area contributed by atoms with E-state index in [4.69, 9.17) is 15.8 Å². The molecule has 1 aliphatic heterocycles. The van der Waals surface area contributed by atoms with Crippen LogP contribution >= 0.6 is 0 Å². The number of pyridine rings is 1. The summed E-state index contributed by atoms with van der Waals surface area (Å²) in [6.45, 7) is 2.64. The van der Waals surface area contributed by atoms with E-state index < -0.39 is 0 Å². The molecule has 7 heteroatoms. The highest BCUT2D eigenvalue weighted by Crippen LogP contribution is 2.33. The van der Waals surface area contributed by atoms with Crippen molar-refractivity contribution in [2.24, 2.45) is 0 Å². The van der Waals surface area contributed by atoms with Gasteiger partial charge < -0.3 is 10.6 Å². The Morgan fingerprint density at radius 1 is 0.763 bits per heavy atom. The Bertz CT molecular complexity index is 1750. The first-order valence-corrected chi connectivity index (χ1v) is 13.0. The molecule has 7 rings (SSSR count). The van der Waals surface area contributed by atoms with Gasteiger partial charge in [0.05, 0.1) is 17.4 Å². The molecule has 4 heterocycles. The molecule has 3 aromatic heterocycles. The number of fused-ring (bicyclic) bond motifs is 2. The molecule has 6 aromatic rings. The summed E-state index contributed by atoms with van der Waals surface area (Å²) in [6, 6.07) is 29.3. The summed E-state index contributed by atoms with van der Waals surface area (Å²) in [4.78, 5) is 16.2. The standard InChI is InChI=1S/C31H27N7/c32-30-28-29(23-14-12-22(13-15-23)21-8-2-1-3-9-21)36-38(31(28)34-20-33-30)19-24-18-27(37-16-6-7-17-37)35-26-11-5-4-10-25(24)26/h1-5,8-15,18,20H,6-7,16-17,19H2,(H2,32,33,34). The van der Waals surface area contributed by atoms with Gasteiger partial charge in [-0.3, -0.25) is 0 Å². The molecule has 0 radical (unpaired) electrons. The Labute approximate surface area is 220 Å². The minimum atomic E-state index is 0.431. The predicted molar refractivity (Wildman–Crippen MR) is 153 cm³/mol. The van der Waals surface area contributed by atoms with Crippen molar-refractivity contribution < 1.29 is 0 Å². The molecule has 1 fully saturated rings. The zero-order valence-electron chi connectivity index (χ0n) is 21.0. The van der Waals surface area contributed by atoms with Gasteiger partial charge >= 0.3 is 0 Å². The number of para-hydroxylation sites is 1. The van der Waals surface area contributed by atoms with Crippen molar-refractivity contribution in [2.75, 3.05) is 23.7 Å². The van der Waals surface area contributed by atoms with Crippen LogP contribution in [0.15, 0.2) is 91.3 Å². The maximum Gasteiger partial charge on any atom is 0.164 e. The Balaban J connectivity index is 1.33. The molecule has 0 unspecified atom stereocenters. The van der Waals surface area contributed by atoms with Gasteiger partial charge in [0.15, 0.2) is 5.65 Å². The smallest absolute Gasteiger partial charge is 0.164 e. The van der Waals surface area contributed by atoms with Crippen LogP contribution in [0.3, 0.4) is 0 Å². The molecule has 0 amide bonds. The molecule has 3 aromatic carbocycles. The van der Waals surface area contributed by atoms with Crippen LogP contribution in [0.25, 0.3) is 44.3 Å². The Morgan fingerprint density at radius 3 is 2.29 bits per heavy atom. The van der Waals surface area contributed by atoms with Crippen molar-refractivity contribution in [1.29, 1.82) is 0 Å². The van der Waals surface area contributed by atoms with Crippen molar-refractivity contribution in [1.82, 2.24) is 24.7 Å². The van der Waals surface area contributed by atoms with Gasteiger partial charge in [0.25, 0.3) is 0 Å². The van der Waals surface area contributed by atoms with Gasteiger partial charge in [-0.1, -0.05) is 72.8 Å². The molecule has 2 N–H and O–H groups in total. The van der Waals surface area contributed by atoms with Crippen LogP contribution in [0, 0.1) is 0 Å². The van der Waals surface area contributed by atoms with E-state index in [0.29, 0.717) is 12.4 Å². The Morgan fingerprint density at radius 2 is 1.47 bits per heavy atom. The van der Waals surface area contributed by atoms with Crippen LogP contribution in [-0.4, -0.2) is 37.8 Å². The Hall–Kier alpha value is -4.78. The van der Waals surface area contributed by atoms with Crippen molar-refractivity contribution in [3.05, 3.63) is 96.8 Å². The highest BCUT2D eigenvalue weighted by molar-refractivity contribution is 5.98. The average molecular weight is 498 g/mol. The summed E-state index contributed by atoms with van der Waals surface area (Å²) in [7, 11) is 0. The van der Waals surface area contributed by atoms with E-state index in [9.17, 15) is 0 Å². The number of hydrogen-bond acceptors (Lipinski definition) is 6. The fourth-order valence-corrected chi connectivity index (χ4v) is 5.43. The van der Waals surface area contributed by atoms with E-state index in [1.807, 2.05) is 16.8 Å². The second-order valence-electron chi connectivity index (χ2n) is 9.76. The number of hydrogen-bond donors (Lipinski definition) is 1. The molecule has 0 saturated carbocycles. The fraction of sp³-hybridized carbons (Fsp3) is 0.161. The first-order chi connectivity index (χ1) is 18.7. The fourth-order valence-electron chi connectivity index (χ4n) is 5.43. The SMILES string of the molecule is Nc1ncnc2c1c(-c1ccc(-c3ccccc3)cc1)nn2Cc1cc(N2CCCC2)nc2ccccc12. The molecule has 7 nitrogen and oxygen atoms in total. The van der Waals surface area contributed by atoms with Gasteiger partial charge in [-0.2, -0.15) is 5.10 Å². The number of rotatable bonds is 5. The van der Waals surface area contributed by atoms with Crippen molar-refractivity contribution in [2.45, 2.75) is 19.4 Å². The molecule has 1 saturated heterocycles. The summed E-state index contributed by atoms with van der Waals surface area (Å²) < 4.78 is 1.95. The first-order valence-electron chi connectivity index (χ1n) is 13.0. The number of benzene rings is 3. The molecular weight excluding hydrogens is 470 g/mol. The number of nitrogens with two attached hydrogens (primary N) is 1. The lowest BCUT2D eigenvalue weighted by Crippen LogP contribution is -2.19. The highest BCUT2D eigenvalue weighted by Gasteiger charge is 2.20. The normalized spacial score (nSPS) is 13.5.